The minimum absolute atomic E-state index is 0.647. The Morgan fingerprint density at radius 1 is 1.04 bits per heavy atom. The third-order valence-corrected chi connectivity index (χ3v) is 3.27. The van der Waals surface area contributed by atoms with Crippen LogP contribution in [0.3, 0.4) is 0 Å². The van der Waals surface area contributed by atoms with E-state index in [2.05, 4.69) is 0 Å². The predicted octanol–water partition coefficient (Wildman–Crippen LogP) is 3.45. The van der Waals surface area contributed by atoms with E-state index in [1.54, 1.807) is 0 Å². The van der Waals surface area contributed by atoms with Gasteiger partial charge in [-0.3, -0.25) is 4.79 Å². The molecule has 0 aliphatic carbocycles. The van der Waals surface area contributed by atoms with E-state index in [1.165, 1.54) is 6.07 Å². The molecular weight excluding hydrogens is 333 g/mol. The Hall–Kier alpha value is -2.48. The summed E-state index contributed by atoms with van der Waals surface area (Å²) in [5.41, 5.74) is -2.46. The summed E-state index contributed by atoms with van der Waals surface area (Å²) in [6, 6.07) is 7.01. The van der Waals surface area contributed by atoms with Crippen LogP contribution in [0.4, 0.5) is 22.0 Å². The number of hydrogen-bond donors (Lipinski definition) is 2. The number of hydrogen-bond acceptors (Lipinski definition) is 2. The molecule has 0 aliphatic heterocycles. The molecule has 2 aromatic rings. The van der Waals surface area contributed by atoms with Crippen LogP contribution in [0.1, 0.15) is 27.6 Å². The zero-order chi connectivity index (χ0) is 17.9. The van der Waals surface area contributed by atoms with Crippen molar-refractivity contribution in [3.8, 4) is 0 Å². The number of aliphatic hydroxyl groups excluding tert-OH is 1. The third kappa shape index (κ3) is 3.88. The zero-order valence-electron chi connectivity index (χ0n) is 12.1. The van der Waals surface area contributed by atoms with Crippen molar-refractivity contribution in [2.24, 2.45) is 0 Å². The van der Waals surface area contributed by atoms with Gasteiger partial charge in [-0.15, -0.1) is 0 Å². The van der Waals surface area contributed by atoms with Gasteiger partial charge < -0.3 is 10.4 Å². The van der Waals surface area contributed by atoms with Crippen molar-refractivity contribution < 1.29 is 31.9 Å². The van der Waals surface area contributed by atoms with Crippen molar-refractivity contribution in [2.75, 3.05) is 6.54 Å². The Bertz CT molecular complexity index is 725. The summed E-state index contributed by atoms with van der Waals surface area (Å²) in [5.74, 6) is -3.15. The fourth-order valence-corrected chi connectivity index (χ4v) is 2.14. The highest BCUT2D eigenvalue weighted by atomic mass is 19.4. The molecule has 128 valence electrons. The summed E-state index contributed by atoms with van der Waals surface area (Å²) in [7, 11) is 0. The fourth-order valence-electron chi connectivity index (χ4n) is 2.14. The number of alkyl halides is 3. The van der Waals surface area contributed by atoms with Gasteiger partial charge >= 0.3 is 6.18 Å². The first-order valence-electron chi connectivity index (χ1n) is 6.78. The van der Waals surface area contributed by atoms with Crippen LogP contribution < -0.4 is 5.32 Å². The van der Waals surface area contributed by atoms with Gasteiger partial charge in [0.15, 0.2) is 0 Å². The molecule has 0 aliphatic rings. The quantitative estimate of drug-likeness (QED) is 0.834. The second-order valence-corrected chi connectivity index (χ2v) is 4.90. The Kier molecular flexibility index (Phi) is 5.18. The Morgan fingerprint density at radius 2 is 1.62 bits per heavy atom. The van der Waals surface area contributed by atoms with Crippen molar-refractivity contribution in [1.29, 1.82) is 0 Å². The lowest BCUT2D eigenvalue weighted by Crippen LogP contribution is -2.30. The molecular formula is C16H12F5NO2. The second-order valence-electron chi connectivity index (χ2n) is 4.90. The first-order chi connectivity index (χ1) is 11.2. The third-order valence-electron chi connectivity index (χ3n) is 3.27. The molecule has 0 fully saturated rings. The molecule has 8 heteroatoms. The van der Waals surface area contributed by atoms with Crippen LogP contribution in [0.5, 0.6) is 0 Å². The molecule has 0 spiro atoms. The van der Waals surface area contributed by atoms with Crippen LogP contribution in [-0.2, 0) is 6.18 Å². The van der Waals surface area contributed by atoms with E-state index >= 15 is 0 Å². The number of aliphatic hydroxyl groups is 1. The van der Waals surface area contributed by atoms with Crippen LogP contribution in [0, 0.1) is 11.6 Å². The topological polar surface area (TPSA) is 49.3 Å². The van der Waals surface area contributed by atoms with Crippen molar-refractivity contribution in [2.45, 2.75) is 12.3 Å². The van der Waals surface area contributed by atoms with Gasteiger partial charge in [0.25, 0.3) is 5.91 Å². The number of rotatable bonds is 4. The minimum Gasteiger partial charge on any atom is -0.386 e. The molecule has 1 unspecified atom stereocenters. The van der Waals surface area contributed by atoms with Gasteiger partial charge in [-0.25, -0.2) is 8.78 Å². The lowest BCUT2D eigenvalue weighted by molar-refractivity contribution is -0.137. The summed E-state index contributed by atoms with van der Waals surface area (Å²) in [4.78, 5) is 11.9. The Labute approximate surface area is 133 Å². The summed E-state index contributed by atoms with van der Waals surface area (Å²) in [5, 5.41) is 11.8. The SMILES string of the molecule is O=C(NCC(O)c1c(F)cccc1F)c1ccccc1C(F)(F)F. The summed E-state index contributed by atoms with van der Waals surface area (Å²) in [6.45, 7) is -0.650. The van der Waals surface area contributed by atoms with Gasteiger partial charge in [0.1, 0.15) is 17.7 Å². The predicted molar refractivity (Wildman–Crippen MR) is 75.1 cm³/mol. The number of benzene rings is 2. The van der Waals surface area contributed by atoms with Crippen molar-refractivity contribution in [1.82, 2.24) is 5.32 Å². The number of carbonyl (C=O) groups is 1. The molecule has 1 atom stereocenters. The number of nitrogens with one attached hydrogen (secondary N) is 1. The number of amides is 1. The highest BCUT2D eigenvalue weighted by Crippen LogP contribution is 2.31. The average molecular weight is 345 g/mol. The van der Waals surface area contributed by atoms with Crippen LogP contribution in [0.15, 0.2) is 42.5 Å². The maximum atomic E-state index is 13.5. The molecule has 0 heterocycles. The molecule has 2 aromatic carbocycles. The van der Waals surface area contributed by atoms with E-state index < -0.39 is 53.1 Å². The molecule has 2 N–H and O–H groups in total. The summed E-state index contributed by atoms with van der Waals surface area (Å²) in [6.07, 6.45) is -6.47. The molecule has 1 amide bonds. The fraction of sp³-hybridized carbons (Fsp3) is 0.188. The summed E-state index contributed by atoms with van der Waals surface area (Å²) < 4.78 is 65.6. The lowest BCUT2D eigenvalue weighted by atomic mass is 10.1. The van der Waals surface area contributed by atoms with Crippen LogP contribution in [-0.4, -0.2) is 17.6 Å². The Balaban J connectivity index is 2.15. The summed E-state index contributed by atoms with van der Waals surface area (Å²) >= 11 is 0. The highest BCUT2D eigenvalue weighted by molar-refractivity contribution is 5.95. The maximum absolute atomic E-state index is 13.5. The van der Waals surface area contributed by atoms with Gasteiger partial charge in [-0.2, -0.15) is 13.2 Å². The van der Waals surface area contributed by atoms with Crippen molar-refractivity contribution in [3.05, 3.63) is 70.8 Å². The van der Waals surface area contributed by atoms with Gasteiger partial charge in [0.2, 0.25) is 0 Å². The van der Waals surface area contributed by atoms with Gasteiger partial charge in [0, 0.05) is 6.54 Å². The van der Waals surface area contributed by atoms with Crippen LogP contribution in [0.2, 0.25) is 0 Å². The van der Waals surface area contributed by atoms with Gasteiger partial charge in [0.05, 0.1) is 16.7 Å². The van der Waals surface area contributed by atoms with Crippen molar-refractivity contribution >= 4 is 5.91 Å². The molecule has 0 saturated heterocycles. The first kappa shape index (κ1) is 17.9. The van der Waals surface area contributed by atoms with Crippen LogP contribution >= 0.6 is 0 Å². The van der Waals surface area contributed by atoms with E-state index in [1.807, 2.05) is 5.32 Å². The molecule has 0 radical (unpaired) electrons. The van der Waals surface area contributed by atoms with E-state index in [-0.39, 0.29) is 0 Å². The average Bonchev–Trinajstić information content (AvgIpc) is 2.51. The maximum Gasteiger partial charge on any atom is 0.417 e. The molecule has 0 saturated carbocycles. The van der Waals surface area contributed by atoms with E-state index in [0.29, 0.717) is 0 Å². The lowest BCUT2D eigenvalue weighted by Gasteiger charge is -2.16. The van der Waals surface area contributed by atoms with E-state index in [0.717, 1.165) is 36.4 Å². The zero-order valence-corrected chi connectivity index (χ0v) is 12.1. The highest BCUT2D eigenvalue weighted by Gasteiger charge is 2.34. The first-order valence-corrected chi connectivity index (χ1v) is 6.78. The standard InChI is InChI=1S/C16H12F5NO2/c17-11-6-3-7-12(18)14(11)13(23)8-22-15(24)9-4-1-2-5-10(9)16(19,20)21/h1-7,13,23H,8H2,(H,22,24). The van der Waals surface area contributed by atoms with E-state index in [4.69, 9.17) is 0 Å². The largest absolute Gasteiger partial charge is 0.417 e. The smallest absolute Gasteiger partial charge is 0.386 e. The van der Waals surface area contributed by atoms with Crippen molar-refractivity contribution in [3.63, 3.8) is 0 Å². The molecule has 0 aromatic heterocycles. The van der Waals surface area contributed by atoms with E-state index in [9.17, 15) is 31.9 Å². The minimum atomic E-state index is -4.73. The van der Waals surface area contributed by atoms with Gasteiger partial charge in [-0.05, 0) is 24.3 Å². The number of halogens is 5. The Morgan fingerprint density at radius 3 is 2.21 bits per heavy atom. The van der Waals surface area contributed by atoms with Gasteiger partial charge in [-0.1, -0.05) is 18.2 Å². The molecule has 24 heavy (non-hydrogen) atoms. The number of carbonyl (C=O) groups excluding carboxylic acids is 1. The molecule has 3 nitrogen and oxygen atoms in total. The second kappa shape index (κ2) is 6.96. The normalized spacial score (nSPS) is 12.8. The monoisotopic (exact) mass is 345 g/mol. The molecule has 2 rings (SSSR count). The van der Waals surface area contributed by atoms with Crippen LogP contribution in [0.25, 0.3) is 0 Å². The molecule has 0 bridgehead atoms.